The van der Waals surface area contributed by atoms with E-state index in [9.17, 15) is 18.8 Å². The largest absolute Gasteiger partial charge is 0.491 e. The van der Waals surface area contributed by atoms with Crippen molar-refractivity contribution in [2.75, 3.05) is 11.9 Å². The maximum atomic E-state index is 13.5. The fraction of sp³-hybridized carbons (Fsp3) is 0.550. The fourth-order valence-electron chi connectivity index (χ4n) is 2.61. The number of halogens is 1. The summed E-state index contributed by atoms with van der Waals surface area (Å²) < 4.78 is 18.9. The van der Waals surface area contributed by atoms with Gasteiger partial charge >= 0.3 is 11.9 Å². The predicted octanol–water partition coefficient (Wildman–Crippen LogP) is 4.21. The van der Waals surface area contributed by atoms with Gasteiger partial charge in [-0.25, -0.2) is 4.39 Å². The van der Waals surface area contributed by atoms with Crippen LogP contribution in [0.25, 0.3) is 0 Å². The maximum absolute atomic E-state index is 13.5. The van der Waals surface area contributed by atoms with E-state index in [-0.39, 0.29) is 31.0 Å². The van der Waals surface area contributed by atoms with E-state index < -0.39 is 17.8 Å². The molecule has 1 aromatic carbocycles. The van der Waals surface area contributed by atoms with Gasteiger partial charge in [0.25, 0.3) is 0 Å². The van der Waals surface area contributed by atoms with Crippen LogP contribution in [0.5, 0.6) is 5.75 Å². The van der Waals surface area contributed by atoms with E-state index in [1.807, 2.05) is 0 Å². The summed E-state index contributed by atoms with van der Waals surface area (Å²) in [7, 11) is 0. The van der Waals surface area contributed by atoms with E-state index in [1.54, 1.807) is 0 Å². The summed E-state index contributed by atoms with van der Waals surface area (Å²) in [6, 6.07) is 3.79. The molecule has 0 aliphatic carbocycles. The number of aliphatic carboxylic acids is 2. The van der Waals surface area contributed by atoms with Crippen LogP contribution in [-0.2, 0) is 14.4 Å². The van der Waals surface area contributed by atoms with Crippen molar-refractivity contribution in [1.29, 1.82) is 0 Å². The van der Waals surface area contributed by atoms with Gasteiger partial charge in [-0.05, 0) is 31.4 Å². The number of ether oxygens (including phenoxy) is 1. The Bertz CT molecular complexity index is 650. The smallest absolute Gasteiger partial charge is 0.303 e. The summed E-state index contributed by atoms with van der Waals surface area (Å²) in [6.45, 7) is 0.155. The maximum Gasteiger partial charge on any atom is 0.303 e. The molecule has 156 valence electrons. The molecule has 8 heteroatoms. The summed E-state index contributed by atoms with van der Waals surface area (Å²) in [5, 5.41) is 19.8. The molecule has 0 bridgehead atoms. The molecule has 0 unspecified atom stereocenters. The molecule has 28 heavy (non-hydrogen) atoms. The Labute approximate surface area is 163 Å². The Morgan fingerprint density at radius 1 is 0.857 bits per heavy atom. The second-order valence-electron chi connectivity index (χ2n) is 6.55. The van der Waals surface area contributed by atoms with Crippen molar-refractivity contribution in [2.45, 2.75) is 64.2 Å². The van der Waals surface area contributed by atoms with Crippen LogP contribution in [0, 0.1) is 5.82 Å². The number of amides is 1. The first-order chi connectivity index (χ1) is 13.4. The topological polar surface area (TPSA) is 113 Å². The molecule has 0 atom stereocenters. The Morgan fingerprint density at radius 2 is 1.43 bits per heavy atom. The zero-order chi connectivity index (χ0) is 20.8. The van der Waals surface area contributed by atoms with Crippen molar-refractivity contribution < 1.29 is 33.7 Å². The van der Waals surface area contributed by atoms with Crippen LogP contribution in [-0.4, -0.2) is 34.7 Å². The van der Waals surface area contributed by atoms with Crippen LogP contribution < -0.4 is 10.1 Å². The van der Waals surface area contributed by atoms with Gasteiger partial charge in [-0.1, -0.05) is 25.7 Å². The van der Waals surface area contributed by atoms with Crippen LogP contribution in [0.3, 0.4) is 0 Å². The Kier molecular flexibility index (Phi) is 11.3. The zero-order valence-corrected chi connectivity index (χ0v) is 15.9. The zero-order valence-electron chi connectivity index (χ0n) is 15.9. The number of carboxylic acids is 2. The van der Waals surface area contributed by atoms with Crippen LogP contribution in [0.15, 0.2) is 18.2 Å². The summed E-state index contributed by atoms with van der Waals surface area (Å²) in [5.41, 5.74) is 0.231. The van der Waals surface area contributed by atoms with Crippen molar-refractivity contribution >= 4 is 23.5 Å². The first-order valence-electron chi connectivity index (χ1n) is 9.54. The lowest BCUT2D eigenvalue weighted by Crippen LogP contribution is -2.13. The van der Waals surface area contributed by atoms with Gasteiger partial charge in [-0.3, -0.25) is 14.4 Å². The monoisotopic (exact) mass is 397 g/mol. The highest BCUT2D eigenvalue weighted by atomic mass is 19.1. The standard InChI is InChI=1S/C20H28FNO6/c21-15-11-12-17(28-13-7-10-20(26)27)16(14-15)22-18(23)8-5-3-1-2-4-6-9-19(24)25/h11-12,14H,1-10,13H2,(H,22,23)(H,24,25)(H,26,27). The SMILES string of the molecule is O=C(O)CCCCCCCCC(=O)Nc1cc(F)ccc1OCCCC(=O)O. The van der Waals surface area contributed by atoms with Crippen LogP contribution in [0.1, 0.15) is 64.2 Å². The van der Waals surface area contributed by atoms with E-state index in [1.165, 1.54) is 18.2 Å². The third kappa shape index (κ3) is 11.2. The van der Waals surface area contributed by atoms with E-state index >= 15 is 0 Å². The lowest BCUT2D eigenvalue weighted by Gasteiger charge is -2.12. The average Bonchev–Trinajstić information content (AvgIpc) is 2.62. The van der Waals surface area contributed by atoms with Crippen LogP contribution >= 0.6 is 0 Å². The first-order valence-corrected chi connectivity index (χ1v) is 9.54. The van der Waals surface area contributed by atoms with E-state index in [0.717, 1.165) is 25.7 Å². The molecule has 0 saturated carbocycles. The predicted molar refractivity (Wildman–Crippen MR) is 102 cm³/mol. The highest BCUT2D eigenvalue weighted by Crippen LogP contribution is 2.26. The molecule has 1 aromatic rings. The molecule has 0 saturated heterocycles. The van der Waals surface area contributed by atoms with Gasteiger partial charge in [0.15, 0.2) is 0 Å². The molecule has 1 amide bonds. The number of hydrogen-bond donors (Lipinski definition) is 3. The Hall–Kier alpha value is -2.64. The highest BCUT2D eigenvalue weighted by Gasteiger charge is 2.10. The van der Waals surface area contributed by atoms with Crippen LogP contribution in [0.4, 0.5) is 10.1 Å². The molecule has 1 rings (SSSR count). The number of carbonyl (C=O) groups excluding carboxylic acids is 1. The molecule has 0 aliphatic heterocycles. The molecule has 0 aliphatic rings. The van der Waals surface area contributed by atoms with Gasteiger partial charge in [0, 0.05) is 25.3 Å². The van der Waals surface area contributed by atoms with Gasteiger partial charge in [-0.2, -0.15) is 0 Å². The molecular formula is C20H28FNO6. The van der Waals surface area contributed by atoms with Crippen molar-refractivity contribution in [3.63, 3.8) is 0 Å². The molecule has 0 aromatic heterocycles. The molecule has 0 fully saturated rings. The van der Waals surface area contributed by atoms with Gasteiger partial charge in [0.1, 0.15) is 11.6 Å². The average molecular weight is 397 g/mol. The van der Waals surface area contributed by atoms with Crippen molar-refractivity contribution in [3.05, 3.63) is 24.0 Å². The minimum Gasteiger partial charge on any atom is -0.491 e. The van der Waals surface area contributed by atoms with Crippen LogP contribution in [0.2, 0.25) is 0 Å². The van der Waals surface area contributed by atoms with Crippen molar-refractivity contribution in [3.8, 4) is 5.75 Å². The number of benzene rings is 1. The molecule has 0 heterocycles. The number of anilines is 1. The summed E-state index contributed by atoms with van der Waals surface area (Å²) in [5.74, 6) is -2.14. The summed E-state index contributed by atoms with van der Waals surface area (Å²) in [4.78, 5) is 33.0. The normalized spacial score (nSPS) is 10.5. The van der Waals surface area contributed by atoms with E-state index in [2.05, 4.69) is 5.32 Å². The Morgan fingerprint density at radius 3 is 2.07 bits per heavy atom. The number of carboxylic acid groups (broad SMARTS) is 2. The van der Waals surface area contributed by atoms with E-state index in [4.69, 9.17) is 14.9 Å². The van der Waals surface area contributed by atoms with Crippen molar-refractivity contribution in [1.82, 2.24) is 0 Å². The molecule has 0 spiro atoms. The third-order valence-electron chi connectivity index (χ3n) is 4.05. The van der Waals surface area contributed by atoms with Gasteiger partial charge in [-0.15, -0.1) is 0 Å². The summed E-state index contributed by atoms with van der Waals surface area (Å²) >= 11 is 0. The fourth-order valence-corrected chi connectivity index (χ4v) is 2.61. The first kappa shape index (κ1) is 23.4. The second-order valence-corrected chi connectivity index (χ2v) is 6.55. The number of carbonyl (C=O) groups is 3. The number of rotatable bonds is 15. The number of hydrogen-bond acceptors (Lipinski definition) is 4. The molecular weight excluding hydrogens is 369 g/mol. The van der Waals surface area contributed by atoms with Crippen molar-refractivity contribution in [2.24, 2.45) is 0 Å². The Balaban J connectivity index is 2.31. The van der Waals surface area contributed by atoms with Gasteiger partial charge < -0.3 is 20.3 Å². The molecule has 7 nitrogen and oxygen atoms in total. The van der Waals surface area contributed by atoms with Gasteiger partial charge in [0.2, 0.25) is 5.91 Å². The lowest BCUT2D eigenvalue weighted by molar-refractivity contribution is -0.138. The third-order valence-corrected chi connectivity index (χ3v) is 4.05. The second kappa shape index (κ2) is 13.5. The lowest BCUT2D eigenvalue weighted by atomic mass is 10.1. The molecule has 3 N–H and O–H groups in total. The minimum atomic E-state index is -0.918. The minimum absolute atomic E-state index is 0.0286. The van der Waals surface area contributed by atoms with E-state index in [0.29, 0.717) is 31.4 Å². The van der Waals surface area contributed by atoms with Gasteiger partial charge in [0.05, 0.1) is 12.3 Å². The highest BCUT2D eigenvalue weighted by molar-refractivity contribution is 5.92. The number of unbranched alkanes of at least 4 members (excludes halogenated alkanes) is 5. The molecule has 0 radical (unpaired) electrons. The summed E-state index contributed by atoms with van der Waals surface area (Å²) in [6.07, 6.45) is 5.73. The number of nitrogens with one attached hydrogen (secondary N) is 1. The quantitative estimate of drug-likeness (QED) is 0.382.